The Labute approximate surface area is 149 Å². The summed E-state index contributed by atoms with van der Waals surface area (Å²) in [6.45, 7) is 0. The molecule has 0 aliphatic heterocycles. The maximum Gasteiger partial charge on any atom is 0.417 e. The summed E-state index contributed by atoms with van der Waals surface area (Å²) in [7, 11) is 0.872. The summed E-state index contributed by atoms with van der Waals surface area (Å²) in [5.74, 6) is -0.961. The van der Waals surface area contributed by atoms with Crippen LogP contribution >= 0.6 is 0 Å². The molecule has 1 fully saturated rings. The maximum absolute atomic E-state index is 13.4. The summed E-state index contributed by atoms with van der Waals surface area (Å²) in [5, 5.41) is 2.03. The molecule has 0 spiro atoms. The van der Waals surface area contributed by atoms with Gasteiger partial charge in [0, 0.05) is 6.04 Å². The molecule has 0 radical (unpaired) electrons. The van der Waals surface area contributed by atoms with Crippen LogP contribution < -0.4 is 5.32 Å². The van der Waals surface area contributed by atoms with Gasteiger partial charge in [-0.3, -0.25) is 0 Å². The standard InChI is InChI=1S/C15H11F12N/c1-28-11(5-2-3-5)8-9(14(22,23)24)6(12(16,17)18)4-7(13(19,20)21)10(8)15(25,26)27/h4-5,11,28H,2-3H2,1H3. The van der Waals surface area contributed by atoms with Gasteiger partial charge in [0.05, 0.1) is 22.3 Å². The molecule has 0 amide bonds. The maximum atomic E-state index is 13.4. The first kappa shape index (κ1) is 22.6. The monoisotopic (exact) mass is 433 g/mol. The van der Waals surface area contributed by atoms with Crippen molar-refractivity contribution in [3.63, 3.8) is 0 Å². The predicted octanol–water partition coefficient (Wildman–Crippen LogP) is 6.43. The molecule has 1 nitrogen and oxygen atoms in total. The lowest BCUT2D eigenvalue weighted by atomic mass is 9.84. The Kier molecular flexibility index (Phi) is 5.41. The second kappa shape index (κ2) is 6.70. The van der Waals surface area contributed by atoms with Crippen molar-refractivity contribution in [3.05, 3.63) is 33.9 Å². The molecule has 0 bridgehead atoms. The van der Waals surface area contributed by atoms with Gasteiger partial charge in [0.15, 0.2) is 0 Å². The highest BCUT2D eigenvalue weighted by Gasteiger charge is 2.55. The highest BCUT2D eigenvalue weighted by molar-refractivity contribution is 5.53. The Bertz CT molecular complexity index is 684. The lowest BCUT2D eigenvalue weighted by Crippen LogP contribution is -2.32. The zero-order valence-corrected chi connectivity index (χ0v) is 13.7. The van der Waals surface area contributed by atoms with Crippen LogP contribution in [0.1, 0.15) is 46.7 Å². The van der Waals surface area contributed by atoms with Crippen molar-refractivity contribution >= 4 is 0 Å². The van der Waals surface area contributed by atoms with E-state index in [0.717, 1.165) is 7.05 Å². The summed E-state index contributed by atoms with van der Waals surface area (Å²) in [4.78, 5) is 0. The van der Waals surface area contributed by atoms with Gasteiger partial charge in [-0.1, -0.05) is 0 Å². The molecule has 1 atom stereocenters. The SMILES string of the molecule is CNC(c1c(C(F)(F)F)c(C(F)(F)F)cc(C(F)(F)F)c1C(F)(F)F)C1CC1. The van der Waals surface area contributed by atoms with Crippen LogP contribution in [0.4, 0.5) is 52.7 Å². The number of hydrogen-bond acceptors (Lipinski definition) is 1. The van der Waals surface area contributed by atoms with Crippen LogP contribution in [-0.2, 0) is 24.7 Å². The topological polar surface area (TPSA) is 12.0 Å². The zero-order chi connectivity index (χ0) is 21.9. The van der Waals surface area contributed by atoms with Gasteiger partial charge in [-0.05, 0) is 37.4 Å². The van der Waals surface area contributed by atoms with Crippen LogP contribution in [0.5, 0.6) is 0 Å². The Hall–Kier alpha value is -1.66. The van der Waals surface area contributed by atoms with E-state index < -0.39 is 70.5 Å². The highest BCUT2D eigenvalue weighted by Crippen LogP contribution is 2.55. The molecule has 160 valence electrons. The molecule has 0 saturated heterocycles. The van der Waals surface area contributed by atoms with Crippen molar-refractivity contribution in [2.45, 2.75) is 43.6 Å². The van der Waals surface area contributed by atoms with E-state index in [1.54, 1.807) is 0 Å². The average molecular weight is 433 g/mol. The number of halogens is 12. The largest absolute Gasteiger partial charge is 0.417 e. The van der Waals surface area contributed by atoms with Crippen molar-refractivity contribution in [1.29, 1.82) is 0 Å². The van der Waals surface area contributed by atoms with E-state index in [1.807, 2.05) is 5.32 Å². The molecular formula is C15H11F12N. The highest BCUT2D eigenvalue weighted by atomic mass is 19.4. The third kappa shape index (κ3) is 4.33. The van der Waals surface area contributed by atoms with Gasteiger partial charge in [0.2, 0.25) is 0 Å². The van der Waals surface area contributed by atoms with E-state index in [4.69, 9.17) is 0 Å². The third-order valence-electron chi connectivity index (χ3n) is 4.26. The predicted molar refractivity (Wildman–Crippen MR) is 71.0 cm³/mol. The molecule has 2 rings (SSSR count). The molecule has 0 aromatic heterocycles. The van der Waals surface area contributed by atoms with E-state index >= 15 is 0 Å². The molecule has 0 heterocycles. The van der Waals surface area contributed by atoms with Crippen LogP contribution in [0.25, 0.3) is 0 Å². The van der Waals surface area contributed by atoms with Crippen molar-refractivity contribution in [2.24, 2.45) is 5.92 Å². The van der Waals surface area contributed by atoms with E-state index in [0.29, 0.717) is 0 Å². The molecule has 28 heavy (non-hydrogen) atoms. The van der Waals surface area contributed by atoms with Crippen LogP contribution in [0.2, 0.25) is 0 Å². The Morgan fingerprint density at radius 2 is 1.07 bits per heavy atom. The zero-order valence-electron chi connectivity index (χ0n) is 13.7. The molecule has 1 saturated carbocycles. The summed E-state index contributed by atoms with van der Waals surface area (Å²) in [6.07, 6.45) is -23.8. The van der Waals surface area contributed by atoms with E-state index in [9.17, 15) is 52.7 Å². The second-order valence-electron chi connectivity index (χ2n) is 6.23. The lowest BCUT2D eigenvalue weighted by Gasteiger charge is -2.30. The number of nitrogens with one attached hydrogen (secondary N) is 1. The number of hydrogen-bond donors (Lipinski definition) is 1. The Morgan fingerprint density at radius 3 is 1.29 bits per heavy atom. The van der Waals surface area contributed by atoms with Gasteiger partial charge in [-0.2, -0.15) is 52.7 Å². The van der Waals surface area contributed by atoms with Crippen LogP contribution in [0.3, 0.4) is 0 Å². The van der Waals surface area contributed by atoms with Crippen molar-refractivity contribution in [3.8, 4) is 0 Å². The van der Waals surface area contributed by atoms with Gasteiger partial charge < -0.3 is 5.32 Å². The summed E-state index contributed by atoms with van der Waals surface area (Å²) in [5.41, 5.74) is -13.2. The Balaban J connectivity index is 3.13. The van der Waals surface area contributed by atoms with E-state index in [-0.39, 0.29) is 12.8 Å². The minimum atomic E-state index is -5.98. The van der Waals surface area contributed by atoms with E-state index in [2.05, 4.69) is 0 Å². The van der Waals surface area contributed by atoms with Gasteiger partial charge in [-0.15, -0.1) is 0 Å². The fourth-order valence-corrected chi connectivity index (χ4v) is 3.12. The molecule has 1 aromatic rings. The number of alkyl halides is 12. The minimum absolute atomic E-state index is 0.0533. The third-order valence-corrected chi connectivity index (χ3v) is 4.26. The summed E-state index contributed by atoms with van der Waals surface area (Å²) >= 11 is 0. The van der Waals surface area contributed by atoms with Gasteiger partial charge >= 0.3 is 24.7 Å². The fourth-order valence-electron chi connectivity index (χ4n) is 3.12. The van der Waals surface area contributed by atoms with Crippen molar-refractivity contribution < 1.29 is 52.7 Å². The first-order chi connectivity index (χ1) is 12.4. The molecule has 1 aliphatic carbocycles. The average Bonchev–Trinajstić information content (AvgIpc) is 3.27. The first-order valence-electron chi connectivity index (χ1n) is 7.57. The van der Waals surface area contributed by atoms with E-state index in [1.165, 1.54) is 0 Å². The molecule has 1 N–H and O–H groups in total. The lowest BCUT2D eigenvalue weighted by molar-refractivity contribution is -0.172. The van der Waals surface area contributed by atoms with Gasteiger partial charge in [-0.25, -0.2) is 0 Å². The molecule has 1 unspecified atom stereocenters. The van der Waals surface area contributed by atoms with Gasteiger partial charge in [0.1, 0.15) is 0 Å². The summed E-state index contributed by atoms with van der Waals surface area (Å²) < 4.78 is 160. The molecular weight excluding hydrogens is 422 g/mol. The van der Waals surface area contributed by atoms with Gasteiger partial charge in [0.25, 0.3) is 0 Å². The van der Waals surface area contributed by atoms with Crippen LogP contribution in [-0.4, -0.2) is 7.05 Å². The molecule has 13 heteroatoms. The normalized spacial score (nSPS) is 17.8. The number of rotatable bonds is 3. The van der Waals surface area contributed by atoms with Crippen molar-refractivity contribution in [1.82, 2.24) is 5.32 Å². The fraction of sp³-hybridized carbons (Fsp3) is 0.600. The second-order valence-corrected chi connectivity index (χ2v) is 6.23. The smallest absolute Gasteiger partial charge is 0.313 e. The molecule has 1 aliphatic rings. The number of benzene rings is 1. The van der Waals surface area contributed by atoms with Crippen LogP contribution in [0.15, 0.2) is 6.07 Å². The Morgan fingerprint density at radius 1 is 0.714 bits per heavy atom. The first-order valence-corrected chi connectivity index (χ1v) is 7.57. The van der Waals surface area contributed by atoms with Crippen molar-refractivity contribution in [2.75, 3.05) is 7.05 Å². The molecule has 1 aromatic carbocycles. The minimum Gasteiger partial charge on any atom is -0.313 e. The summed E-state index contributed by atoms with van der Waals surface area (Å²) in [6, 6.07) is -3.11. The van der Waals surface area contributed by atoms with Crippen LogP contribution in [0, 0.1) is 5.92 Å². The quantitative estimate of drug-likeness (QED) is 0.542.